The van der Waals surface area contributed by atoms with Gasteiger partial charge in [-0.25, -0.2) is 9.37 Å². The zero-order valence-electron chi connectivity index (χ0n) is 8.84. The maximum absolute atomic E-state index is 13.0. The number of halogens is 2. The summed E-state index contributed by atoms with van der Waals surface area (Å²) in [6.45, 7) is 0. The molecule has 92 valence electrons. The minimum Gasteiger partial charge on any atom is -0.450 e. The predicted octanol–water partition coefficient (Wildman–Crippen LogP) is 3.06. The third-order valence-electron chi connectivity index (χ3n) is 2.04. The Labute approximate surface area is 99.8 Å². The quantitative estimate of drug-likeness (QED) is 0.478. The largest absolute Gasteiger partial charge is 0.450 e. The van der Waals surface area contributed by atoms with E-state index in [1.54, 1.807) is 0 Å². The van der Waals surface area contributed by atoms with Crippen molar-refractivity contribution in [1.29, 1.82) is 0 Å². The van der Waals surface area contributed by atoms with Crippen LogP contribution in [0.5, 0.6) is 11.5 Å². The van der Waals surface area contributed by atoms with Crippen molar-refractivity contribution in [3.05, 3.63) is 58.4 Å². The molecule has 0 N–H and O–H groups in total. The third-order valence-corrected chi connectivity index (χ3v) is 2.04. The smallest absolute Gasteiger partial charge is 0.311 e. The van der Waals surface area contributed by atoms with E-state index in [0.29, 0.717) is 0 Å². The van der Waals surface area contributed by atoms with E-state index < -0.39 is 22.4 Å². The monoisotopic (exact) mass is 252 g/mol. The van der Waals surface area contributed by atoms with Gasteiger partial charge in [0.05, 0.1) is 4.92 Å². The van der Waals surface area contributed by atoms with Crippen molar-refractivity contribution in [3.8, 4) is 11.5 Å². The van der Waals surface area contributed by atoms with Crippen molar-refractivity contribution in [2.75, 3.05) is 0 Å². The van der Waals surface area contributed by atoms with Gasteiger partial charge < -0.3 is 4.74 Å². The summed E-state index contributed by atoms with van der Waals surface area (Å²) >= 11 is 0. The van der Waals surface area contributed by atoms with E-state index in [4.69, 9.17) is 4.74 Å². The van der Waals surface area contributed by atoms with Crippen LogP contribution in [0.2, 0.25) is 0 Å². The maximum atomic E-state index is 13.0. The highest BCUT2D eigenvalue weighted by molar-refractivity contribution is 5.48. The maximum Gasteiger partial charge on any atom is 0.311 e. The van der Waals surface area contributed by atoms with E-state index >= 15 is 0 Å². The van der Waals surface area contributed by atoms with Gasteiger partial charge in [0, 0.05) is 24.4 Å². The first-order valence-corrected chi connectivity index (χ1v) is 4.79. The van der Waals surface area contributed by atoms with E-state index in [0.717, 1.165) is 30.5 Å². The average Bonchev–Trinajstić information content (AvgIpc) is 2.28. The Morgan fingerprint density at radius 3 is 2.67 bits per heavy atom. The van der Waals surface area contributed by atoms with Crippen molar-refractivity contribution in [3.63, 3.8) is 0 Å². The molecule has 18 heavy (non-hydrogen) atoms. The zero-order chi connectivity index (χ0) is 13.1. The number of hydrogen-bond donors (Lipinski definition) is 0. The highest BCUT2D eigenvalue weighted by atomic mass is 19.1. The summed E-state index contributed by atoms with van der Waals surface area (Å²) in [5.74, 6) is -1.79. The summed E-state index contributed by atoms with van der Waals surface area (Å²) in [4.78, 5) is 13.3. The van der Waals surface area contributed by atoms with E-state index in [1.165, 1.54) is 6.07 Å². The Morgan fingerprint density at radius 1 is 1.22 bits per heavy atom. The molecule has 0 bridgehead atoms. The van der Waals surface area contributed by atoms with Gasteiger partial charge in [-0.05, 0) is 12.1 Å². The molecule has 0 saturated heterocycles. The van der Waals surface area contributed by atoms with Crippen molar-refractivity contribution in [2.45, 2.75) is 0 Å². The summed E-state index contributed by atoms with van der Waals surface area (Å²) in [5, 5.41) is 10.7. The Hall–Kier alpha value is -2.57. The van der Waals surface area contributed by atoms with Gasteiger partial charge in [0.2, 0.25) is 11.7 Å². The first-order valence-electron chi connectivity index (χ1n) is 4.79. The topological polar surface area (TPSA) is 65.3 Å². The Bertz CT molecular complexity index is 605. The number of ether oxygens (including phenoxy) is 1. The lowest BCUT2D eigenvalue weighted by atomic mass is 10.3. The normalized spacial score (nSPS) is 10.1. The van der Waals surface area contributed by atoms with Gasteiger partial charge in [0.25, 0.3) is 0 Å². The standard InChI is InChI=1S/C11H6F2N2O3/c12-7-1-2-9(15(16)17)10(5-7)18-8-3-4-14-11(13)6-8/h1-6H. The van der Waals surface area contributed by atoms with Crippen molar-refractivity contribution in [2.24, 2.45) is 0 Å². The summed E-state index contributed by atoms with van der Waals surface area (Å²) < 4.78 is 30.9. The number of nitrogens with zero attached hydrogens (tertiary/aromatic N) is 2. The minimum atomic E-state index is -0.799. The number of aromatic nitrogens is 1. The molecule has 0 aliphatic carbocycles. The van der Waals surface area contributed by atoms with E-state index in [9.17, 15) is 18.9 Å². The predicted molar refractivity (Wildman–Crippen MR) is 57.3 cm³/mol. The highest BCUT2D eigenvalue weighted by Gasteiger charge is 2.16. The van der Waals surface area contributed by atoms with E-state index in [-0.39, 0.29) is 11.5 Å². The van der Waals surface area contributed by atoms with Crippen LogP contribution < -0.4 is 4.74 Å². The summed E-state index contributed by atoms with van der Waals surface area (Å²) in [5.41, 5.74) is -0.409. The van der Waals surface area contributed by atoms with Crippen LogP contribution in [0.15, 0.2) is 36.5 Å². The first-order chi connectivity index (χ1) is 8.56. The molecule has 1 aromatic heterocycles. The van der Waals surface area contributed by atoms with Crippen LogP contribution in [-0.2, 0) is 0 Å². The van der Waals surface area contributed by atoms with Crippen LogP contribution in [0.1, 0.15) is 0 Å². The zero-order valence-corrected chi connectivity index (χ0v) is 8.84. The van der Waals surface area contributed by atoms with Gasteiger partial charge in [-0.15, -0.1) is 0 Å². The number of nitro benzene ring substituents is 1. The minimum absolute atomic E-state index is 0.00352. The lowest BCUT2D eigenvalue weighted by Crippen LogP contribution is -1.95. The van der Waals surface area contributed by atoms with Gasteiger partial charge in [-0.1, -0.05) is 0 Å². The first kappa shape index (κ1) is 11.9. The molecule has 2 rings (SSSR count). The summed E-state index contributed by atoms with van der Waals surface area (Å²) in [6.07, 6.45) is 1.13. The van der Waals surface area contributed by atoms with Gasteiger partial charge in [0.15, 0.2) is 0 Å². The molecule has 0 spiro atoms. The number of nitro groups is 1. The Kier molecular flexibility index (Phi) is 3.13. The highest BCUT2D eigenvalue weighted by Crippen LogP contribution is 2.31. The van der Waals surface area contributed by atoms with Gasteiger partial charge in [-0.2, -0.15) is 4.39 Å². The fraction of sp³-hybridized carbons (Fsp3) is 0. The van der Waals surface area contributed by atoms with Gasteiger partial charge in [0.1, 0.15) is 11.6 Å². The molecule has 7 heteroatoms. The number of benzene rings is 1. The fourth-order valence-electron chi connectivity index (χ4n) is 1.30. The SMILES string of the molecule is O=[N+]([O-])c1ccc(F)cc1Oc1ccnc(F)c1. The lowest BCUT2D eigenvalue weighted by molar-refractivity contribution is -0.385. The molecule has 0 saturated carbocycles. The molecule has 1 heterocycles. The van der Waals surface area contributed by atoms with Crippen LogP contribution in [0.3, 0.4) is 0 Å². The molecule has 5 nitrogen and oxygen atoms in total. The van der Waals surface area contributed by atoms with Crippen LogP contribution >= 0.6 is 0 Å². The second-order valence-corrected chi connectivity index (χ2v) is 3.29. The molecule has 0 amide bonds. The number of pyridine rings is 1. The second-order valence-electron chi connectivity index (χ2n) is 3.29. The molecule has 0 fully saturated rings. The molecule has 0 atom stereocenters. The van der Waals surface area contributed by atoms with Crippen LogP contribution in [0.25, 0.3) is 0 Å². The van der Waals surface area contributed by atoms with Crippen LogP contribution in [0, 0.1) is 21.9 Å². The molecule has 2 aromatic rings. The Balaban J connectivity index is 2.39. The molecule has 0 unspecified atom stereocenters. The molecule has 0 aliphatic heterocycles. The van der Waals surface area contributed by atoms with Gasteiger partial charge in [-0.3, -0.25) is 10.1 Å². The average molecular weight is 252 g/mol. The van der Waals surface area contributed by atoms with Crippen LogP contribution in [-0.4, -0.2) is 9.91 Å². The van der Waals surface area contributed by atoms with E-state index in [2.05, 4.69) is 4.98 Å². The van der Waals surface area contributed by atoms with Crippen molar-refractivity contribution in [1.82, 2.24) is 4.98 Å². The summed E-state index contributed by atoms with van der Waals surface area (Å²) in [6, 6.07) is 5.02. The van der Waals surface area contributed by atoms with Gasteiger partial charge >= 0.3 is 5.69 Å². The molecular formula is C11H6F2N2O3. The lowest BCUT2D eigenvalue weighted by Gasteiger charge is -2.05. The third kappa shape index (κ3) is 2.57. The molecular weight excluding hydrogens is 246 g/mol. The molecule has 0 aliphatic rings. The second kappa shape index (κ2) is 4.74. The van der Waals surface area contributed by atoms with E-state index in [1.807, 2.05) is 0 Å². The van der Waals surface area contributed by atoms with Crippen molar-refractivity contribution < 1.29 is 18.4 Å². The molecule has 0 radical (unpaired) electrons. The number of rotatable bonds is 3. The van der Waals surface area contributed by atoms with Crippen LogP contribution in [0.4, 0.5) is 14.5 Å². The summed E-state index contributed by atoms with van der Waals surface area (Å²) in [7, 11) is 0. The number of hydrogen-bond acceptors (Lipinski definition) is 4. The molecule has 1 aromatic carbocycles. The van der Waals surface area contributed by atoms with Crippen molar-refractivity contribution >= 4 is 5.69 Å². The fourth-order valence-corrected chi connectivity index (χ4v) is 1.30. The Morgan fingerprint density at radius 2 is 2.00 bits per heavy atom.